The monoisotopic (exact) mass is 188 g/mol. The van der Waals surface area contributed by atoms with Crippen molar-refractivity contribution in [1.29, 1.82) is 0 Å². The van der Waals surface area contributed by atoms with E-state index in [0.29, 0.717) is 6.54 Å². The Morgan fingerprint density at radius 3 is 2.46 bits per heavy atom. The van der Waals surface area contributed by atoms with Gasteiger partial charge >= 0.3 is 5.97 Å². The first-order valence-electron chi connectivity index (χ1n) is 4.05. The third-order valence-electron chi connectivity index (χ3n) is 1.51. The molecule has 0 aromatic carbocycles. The molecule has 0 bridgehead atoms. The van der Waals surface area contributed by atoms with Gasteiger partial charge in [-0.2, -0.15) is 0 Å². The van der Waals surface area contributed by atoms with E-state index < -0.39 is 0 Å². The summed E-state index contributed by atoms with van der Waals surface area (Å²) in [7, 11) is 4.71. The first-order valence-corrected chi connectivity index (χ1v) is 4.05. The highest BCUT2D eigenvalue weighted by molar-refractivity contribution is 5.77. The number of carbonyl (C=O) groups excluding carboxylic acids is 2. The number of rotatable bonds is 5. The van der Waals surface area contributed by atoms with E-state index in [1.807, 2.05) is 0 Å². The first-order chi connectivity index (χ1) is 6.07. The van der Waals surface area contributed by atoms with E-state index in [9.17, 15) is 9.59 Å². The smallest absolute Gasteiger partial charge is 0.306 e. The Labute approximate surface area is 78.0 Å². The molecule has 0 atom stereocenters. The van der Waals surface area contributed by atoms with Gasteiger partial charge < -0.3 is 15.0 Å². The molecular weight excluding hydrogens is 172 g/mol. The molecule has 0 fully saturated rings. The van der Waals surface area contributed by atoms with Crippen LogP contribution in [-0.4, -0.2) is 51.1 Å². The highest BCUT2D eigenvalue weighted by atomic mass is 16.5. The number of carbonyl (C=O) groups is 2. The van der Waals surface area contributed by atoms with E-state index in [1.165, 1.54) is 12.0 Å². The van der Waals surface area contributed by atoms with Crippen molar-refractivity contribution in [1.82, 2.24) is 10.2 Å². The molecule has 0 unspecified atom stereocenters. The van der Waals surface area contributed by atoms with Crippen molar-refractivity contribution in [2.45, 2.75) is 6.42 Å². The molecule has 5 nitrogen and oxygen atoms in total. The fourth-order valence-corrected chi connectivity index (χ4v) is 0.646. The molecule has 0 spiro atoms. The van der Waals surface area contributed by atoms with Crippen LogP contribution in [0.4, 0.5) is 0 Å². The number of hydrogen-bond donors (Lipinski definition) is 1. The van der Waals surface area contributed by atoms with Gasteiger partial charge in [0.15, 0.2) is 0 Å². The van der Waals surface area contributed by atoms with E-state index >= 15 is 0 Å². The van der Waals surface area contributed by atoms with Gasteiger partial charge in [0, 0.05) is 20.6 Å². The Balaban J connectivity index is 3.36. The molecular formula is C8H16N2O3. The van der Waals surface area contributed by atoms with Crippen molar-refractivity contribution in [2.75, 3.05) is 34.3 Å². The van der Waals surface area contributed by atoms with Crippen LogP contribution in [0, 0.1) is 0 Å². The van der Waals surface area contributed by atoms with E-state index in [-0.39, 0.29) is 24.8 Å². The lowest BCUT2D eigenvalue weighted by atomic mass is 10.4. The standard InChI is InChI=1S/C8H16N2O3/c1-10(2)7(11)6-9-5-4-8(12)13-3/h9H,4-6H2,1-3H3. The average Bonchev–Trinajstić information content (AvgIpc) is 2.11. The predicted octanol–water partition coefficient (Wildman–Crippen LogP) is -0.773. The molecule has 1 amide bonds. The summed E-state index contributed by atoms with van der Waals surface area (Å²) in [6.07, 6.45) is 0.289. The molecule has 0 radical (unpaired) electrons. The summed E-state index contributed by atoms with van der Waals surface area (Å²) < 4.78 is 4.43. The molecule has 0 aromatic heterocycles. The Kier molecular flexibility index (Phi) is 5.88. The SMILES string of the molecule is COC(=O)CCNCC(=O)N(C)C. The van der Waals surface area contributed by atoms with Crippen LogP contribution in [0.1, 0.15) is 6.42 Å². The Morgan fingerprint density at radius 2 is 2.00 bits per heavy atom. The fraction of sp³-hybridized carbons (Fsp3) is 0.750. The zero-order valence-electron chi connectivity index (χ0n) is 8.29. The second kappa shape index (κ2) is 6.42. The van der Waals surface area contributed by atoms with E-state index in [0.717, 1.165) is 0 Å². The fourth-order valence-electron chi connectivity index (χ4n) is 0.646. The van der Waals surface area contributed by atoms with Crippen molar-refractivity contribution in [2.24, 2.45) is 0 Å². The van der Waals surface area contributed by atoms with Crippen LogP contribution in [0.15, 0.2) is 0 Å². The zero-order valence-corrected chi connectivity index (χ0v) is 8.29. The van der Waals surface area contributed by atoms with Gasteiger partial charge in [-0.25, -0.2) is 0 Å². The lowest BCUT2D eigenvalue weighted by Crippen LogP contribution is -2.33. The zero-order chi connectivity index (χ0) is 10.3. The minimum atomic E-state index is -0.273. The van der Waals surface area contributed by atoms with E-state index in [4.69, 9.17) is 0 Å². The van der Waals surface area contributed by atoms with Crippen LogP contribution in [0.2, 0.25) is 0 Å². The Bertz CT molecular complexity index is 180. The quantitative estimate of drug-likeness (QED) is 0.454. The van der Waals surface area contributed by atoms with Crippen LogP contribution in [0.3, 0.4) is 0 Å². The van der Waals surface area contributed by atoms with E-state index in [2.05, 4.69) is 10.1 Å². The summed E-state index contributed by atoms with van der Waals surface area (Å²) >= 11 is 0. The molecule has 0 saturated carbocycles. The van der Waals surface area contributed by atoms with Crippen LogP contribution < -0.4 is 5.32 Å². The second-order valence-corrected chi connectivity index (χ2v) is 2.79. The number of esters is 1. The topological polar surface area (TPSA) is 58.6 Å². The molecule has 0 heterocycles. The Morgan fingerprint density at radius 1 is 1.38 bits per heavy atom. The van der Waals surface area contributed by atoms with Crippen molar-refractivity contribution in [3.05, 3.63) is 0 Å². The number of nitrogens with one attached hydrogen (secondary N) is 1. The van der Waals surface area contributed by atoms with Gasteiger partial charge in [0.1, 0.15) is 0 Å². The highest BCUT2D eigenvalue weighted by Gasteiger charge is 2.03. The van der Waals surface area contributed by atoms with Gasteiger partial charge in [-0.1, -0.05) is 0 Å². The predicted molar refractivity (Wildman–Crippen MR) is 48.2 cm³/mol. The highest BCUT2D eigenvalue weighted by Crippen LogP contribution is 1.81. The number of likely N-dealkylation sites (N-methyl/N-ethyl adjacent to an activating group) is 1. The summed E-state index contributed by atoms with van der Waals surface area (Å²) in [5.41, 5.74) is 0. The second-order valence-electron chi connectivity index (χ2n) is 2.79. The van der Waals surface area contributed by atoms with Crippen LogP contribution in [0.5, 0.6) is 0 Å². The van der Waals surface area contributed by atoms with Gasteiger partial charge in [0.05, 0.1) is 20.1 Å². The summed E-state index contributed by atoms with van der Waals surface area (Å²) in [5, 5.41) is 2.84. The molecule has 0 aliphatic heterocycles. The molecule has 5 heteroatoms. The summed E-state index contributed by atoms with van der Waals surface area (Å²) in [4.78, 5) is 23.1. The molecule has 0 rings (SSSR count). The molecule has 0 saturated heterocycles. The maximum absolute atomic E-state index is 11.0. The number of hydrogen-bond acceptors (Lipinski definition) is 4. The first kappa shape index (κ1) is 11.9. The minimum Gasteiger partial charge on any atom is -0.469 e. The molecule has 0 aliphatic rings. The third-order valence-corrected chi connectivity index (χ3v) is 1.51. The van der Waals surface area contributed by atoms with Gasteiger partial charge in [-0.05, 0) is 0 Å². The molecule has 0 aromatic rings. The summed E-state index contributed by atoms with van der Waals surface area (Å²) in [6, 6.07) is 0. The van der Waals surface area contributed by atoms with Crippen molar-refractivity contribution >= 4 is 11.9 Å². The van der Waals surface area contributed by atoms with Crippen molar-refractivity contribution in [3.8, 4) is 0 Å². The number of methoxy groups -OCH3 is 1. The molecule has 13 heavy (non-hydrogen) atoms. The lowest BCUT2D eigenvalue weighted by molar-refractivity contribution is -0.140. The van der Waals surface area contributed by atoms with Gasteiger partial charge in [-0.3, -0.25) is 9.59 Å². The largest absolute Gasteiger partial charge is 0.469 e. The van der Waals surface area contributed by atoms with Crippen LogP contribution in [-0.2, 0) is 14.3 Å². The van der Waals surface area contributed by atoms with Crippen LogP contribution in [0.25, 0.3) is 0 Å². The van der Waals surface area contributed by atoms with Gasteiger partial charge in [0.25, 0.3) is 0 Å². The summed E-state index contributed by atoms with van der Waals surface area (Å²) in [5.74, 6) is -0.283. The van der Waals surface area contributed by atoms with Crippen molar-refractivity contribution in [3.63, 3.8) is 0 Å². The lowest BCUT2D eigenvalue weighted by Gasteiger charge is -2.10. The minimum absolute atomic E-state index is 0.00938. The van der Waals surface area contributed by atoms with Gasteiger partial charge in [-0.15, -0.1) is 0 Å². The number of nitrogens with zero attached hydrogens (tertiary/aromatic N) is 1. The van der Waals surface area contributed by atoms with Gasteiger partial charge in [0.2, 0.25) is 5.91 Å². The average molecular weight is 188 g/mol. The normalized spacial score (nSPS) is 9.46. The maximum Gasteiger partial charge on any atom is 0.306 e. The molecule has 1 N–H and O–H groups in total. The number of ether oxygens (including phenoxy) is 1. The Hall–Kier alpha value is -1.10. The number of amides is 1. The maximum atomic E-state index is 11.0. The van der Waals surface area contributed by atoms with Crippen molar-refractivity contribution < 1.29 is 14.3 Å². The van der Waals surface area contributed by atoms with E-state index in [1.54, 1.807) is 14.1 Å². The van der Waals surface area contributed by atoms with Crippen LogP contribution >= 0.6 is 0 Å². The summed E-state index contributed by atoms with van der Waals surface area (Å²) in [6.45, 7) is 0.718. The molecule has 76 valence electrons. The molecule has 0 aliphatic carbocycles. The third kappa shape index (κ3) is 6.10.